The Morgan fingerprint density at radius 3 is 2.50 bits per heavy atom. The van der Waals surface area contributed by atoms with E-state index >= 15 is 0 Å². The van der Waals surface area contributed by atoms with Gasteiger partial charge in [-0.3, -0.25) is 9.80 Å². The first-order valence-electron chi connectivity index (χ1n) is 5.56. The maximum absolute atomic E-state index is 5.41. The summed E-state index contributed by atoms with van der Waals surface area (Å²) in [5, 5.41) is 0. The van der Waals surface area contributed by atoms with Crippen LogP contribution in [0.25, 0.3) is 0 Å². The van der Waals surface area contributed by atoms with E-state index in [1.165, 1.54) is 5.56 Å². The molecule has 1 saturated heterocycles. The van der Waals surface area contributed by atoms with E-state index in [9.17, 15) is 0 Å². The zero-order valence-corrected chi connectivity index (χ0v) is 9.64. The molecule has 0 aliphatic carbocycles. The van der Waals surface area contributed by atoms with Crippen LogP contribution in [0.2, 0.25) is 0 Å². The topological polar surface area (TPSA) is 24.9 Å². The Kier molecular flexibility index (Phi) is 2.26. The van der Waals surface area contributed by atoms with Gasteiger partial charge in [-0.2, -0.15) is 0 Å². The van der Waals surface area contributed by atoms with Crippen LogP contribution in [0, 0.1) is 0 Å². The molecule has 2 aliphatic rings. The van der Waals surface area contributed by atoms with Gasteiger partial charge in [-0.1, -0.05) is 6.07 Å². The standard InChI is InChI=1S/C12H16N2O2/c1-13-5-6-14(2)12(13)9-3-4-10-11(7-9)16-8-15-10/h3-4,7,12H,5-6,8H2,1-2H3. The summed E-state index contributed by atoms with van der Waals surface area (Å²) in [6.45, 7) is 2.56. The summed E-state index contributed by atoms with van der Waals surface area (Å²) in [7, 11) is 4.30. The average Bonchev–Trinajstić information content (AvgIpc) is 2.85. The van der Waals surface area contributed by atoms with Crippen LogP contribution in [0.5, 0.6) is 11.5 Å². The SMILES string of the molecule is CN1CCN(C)C1c1ccc2c(c1)OCO2. The van der Waals surface area contributed by atoms with E-state index in [0.717, 1.165) is 24.6 Å². The lowest BCUT2D eigenvalue weighted by atomic mass is 10.1. The molecular formula is C12H16N2O2. The van der Waals surface area contributed by atoms with Crippen molar-refractivity contribution in [1.29, 1.82) is 0 Å². The molecule has 1 aromatic rings. The minimum atomic E-state index is 0.342. The fourth-order valence-electron chi connectivity index (χ4n) is 2.48. The molecule has 0 radical (unpaired) electrons. The highest BCUT2D eigenvalue weighted by molar-refractivity contribution is 5.45. The lowest BCUT2D eigenvalue weighted by molar-refractivity contribution is 0.173. The maximum Gasteiger partial charge on any atom is 0.231 e. The zero-order valence-electron chi connectivity index (χ0n) is 9.64. The second-order valence-electron chi connectivity index (χ2n) is 4.45. The lowest BCUT2D eigenvalue weighted by Gasteiger charge is -2.25. The number of rotatable bonds is 1. The van der Waals surface area contributed by atoms with Crippen LogP contribution in [0.15, 0.2) is 18.2 Å². The van der Waals surface area contributed by atoms with Gasteiger partial charge in [0.25, 0.3) is 0 Å². The lowest BCUT2D eigenvalue weighted by Crippen LogP contribution is -2.25. The summed E-state index contributed by atoms with van der Waals surface area (Å²) in [5.74, 6) is 1.72. The molecule has 86 valence electrons. The van der Waals surface area contributed by atoms with Crippen LogP contribution in [0.4, 0.5) is 0 Å². The molecule has 1 fully saturated rings. The highest BCUT2D eigenvalue weighted by Gasteiger charge is 2.28. The maximum atomic E-state index is 5.41. The molecule has 0 amide bonds. The van der Waals surface area contributed by atoms with Crippen molar-refractivity contribution >= 4 is 0 Å². The third-order valence-electron chi connectivity index (χ3n) is 3.34. The van der Waals surface area contributed by atoms with Gasteiger partial charge in [0.05, 0.1) is 6.17 Å². The van der Waals surface area contributed by atoms with Gasteiger partial charge in [0.2, 0.25) is 6.79 Å². The predicted octanol–water partition coefficient (Wildman–Crippen LogP) is 1.29. The molecular weight excluding hydrogens is 204 g/mol. The van der Waals surface area contributed by atoms with Crippen molar-refractivity contribution < 1.29 is 9.47 Å². The molecule has 0 unspecified atom stereocenters. The third kappa shape index (κ3) is 1.45. The Morgan fingerprint density at radius 1 is 1.06 bits per heavy atom. The number of hydrogen-bond donors (Lipinski definition) is 0. The van der Waals surface area contributed by atoms with Gasteiger partial charge in [0.15, 0.2) is 11.5 Å². The molecule has 0 atom stereocenters. The van der Waals surface area contributed by atoms with E-state index in [1.54, 1.807) is 0 Å². The smallest absolute Gasteiger partial charge is 0.231 e. The van der Waals surface area contributed by atoms with E-state index in [0.29, 0.717) is 13.0 Å². The quantitative estimate of drug-likeness (QED) is 0.712. The number of hydrogen-bond acceptors (Lipinski definition) is 4. The van der Waals surface area contributed by atoms with Gasteiger partial charge in [-0.05, 0) is 31.8 Å². The normalized spacial score (nSPS) is 21.9. The Hall–Kier alpha value is -1.26. The van der Waals surface area contributed by atoms with E-state index in [2.05, 4.69) is 36.0 Å². The average molecular weight is 220 g/mol. The van der Waals surface area contributed by atoms with Gasteiger partial charge in [-0.25, -0.2) is 0 Å². The first-order chi connectivity index (χ1) is 7.75. The summed E-state index contributed by atoms with van der Waals surface area (Å²) in [4.78, 5) is 4.69. The minimum absolute atomic E-state index is 0.342. The molecule has 0 N–H and O–H groups in total. The second-order valence-corrected chi connectivity index (χ2v) is 4.45. The molecule has 0 bridgehead atoms. The predicted molar refractivity (Wildman–Crippen MR) is 60.6 cm³/mol. The van der Waals surface area contributed by atoms with Crippen molar-refractivity contribution in [3.63, 3.8) is 0 Å². The molecule has 4 nitrogen and oxygen atoms in total. The van der Waals surface area contributed by atoms with E-state index in [-0.39, 0.29) is 0 Å². The number of likely N-dealkylation sites (N-methyl/N-ethyl adjacent to an activating group) is 2. The van der Waals surface area contributed by atoms with Crippen molar-refractivity contribution in [2.75, 3.05) is 34.0 Å². The highest BCUT2D eigenvalue weighted by atomic mass is 16.7. The zero-order chi connectivity index (χ0) is 11.1. The van der Waals surface area contributed by atoms with Crippen molar-refractivity contribution in [1.82, 2.24) is 9.80 Å². The molecule has 2 aliphatic heterocycles. The van der Waals surface area contributed by atoms with Crippen LogP contribution in [-0.4, -0.2) is 43.8 Å². The molecule has 2 heterocycles. The summed E-state index contributed by atoms with van der Waals surface area (Å²) < 4.78 is 10.7. The second kappa shape index (κ2) is 3.64. The van der Waals surface area contributed by atoms with Gasteiger partial charge in [0, 0.05) is 13.1 Å². The van der Waals surface area contributed by atoms with Crippen LogP contribution >= 0.6 is 0 Å². The van der Waals surface area contributed by atoms with Crippen LogP contribution < -0.4 is 9.47 Å². The van der Waals surface area contributed by atoms with E-state index < -0.39 is 0 Å². The van der Waals surface area contributed by atoms with Crippen molar-refractivity contribution in [2.24, 2.45) is 0 Å². The monoisotopic (exact) mass is 220 g/mol. The van der Waals surface area contributed by atoms with Gasteiger partial charge in [-0.15, -0.1) is 0 Å². The van der Waals surface area contributed by atoms with Crippen LogP contribution in [-0.2, 0) is 0 Å². The van der Waals surface area contributed by atoms with Crippen molar-refractivity contribution in [3.05, 3.63) is 23.8 Å². The summed E-state index contributed by atoms with van der Waals surface area (Å²) in [5.41, 5.74) is 1.27. The minimum Gasteiger partial charge on any atom is -0.454 e. The molecule has 1 aromatic carbocycles. The highest BCUT2D eigenvalue weighted by Crippen LogP contribution is 2.36. The third-order valence-corrected chi connectivity index (χ3v) is 3.34. The Morgan fingerprint density at radius 2 is 1.75 bits per heavy atom. The van der Waals surface area contributed by atoms with Crippen LogP contribution in [0.1, 0.15) is 11.7 Å². The molecule has 0 aromatic heterocycles. The summed E-state index contributed by atoms with van der Waals surface area (Å²) in [6, 6.07) is 6.21. The number of nitrogens with zero attached hydrogens (tertiary/aromatic N) is 2. The fourth-order valence-corrected chi connectivity index (χ4v) is 2.48. The first kappa shape index (κ1) is 9.93. The summed E-state index contributed by atoms with van der Waals surface area (Å²) in [6.07, 6.45) is 0.356. The van der Waals surface area contributed by atoms with E-state index in [1.807, 2.05) is 6.07 Å². The van der Waals surface area contributed by atoms with Crippen molar-refractivity contribution in [2.45, 2.75) is 6.17 Å². The Bertz CT molecular complexity index is 398. The van der Waals surface area contributed by atoms with E-state index in [4.69, 9.17) is 9.47 Å². The number of fused-ring (bicyclic) bond motifs is 1. The van der Waals surface area contributed by atoms with Gasteiger partial charge < -0.3 is 9.47 Å². The molecule has 0 spiro atoms. The molecule has 16 heavy (non-hydrogen) atoms. The molecule has 0 saturated carbocycles. The van der Waals surface area contributed by atoms with Gasteiger partial charge in [0.1, 0.15) is 0 Å². The van der Waals surface area contributed by atoms with Gasteiger partial charge >= 0.3 is 0 Å². The first-order valence-corrected chi connectivity index (χ1v) is 5.56. The largest absolute Gasteiger partial charge is 0.454 e. The molecule has 3 rings (SSSR count). The molecule has 4 heteroatoms. The number of ether oxygens (including phenoxy) is 2. The summed E-state index contributed by atoms with van der Waals surface area (Å²) >= 11 is 0. The Labute approximate surface area is 95.4 Å². The van der Waals surface area contributed by atoms with Crippen molar-refractivity contribution in [3.8, 4) is 11.5 Å². The fraction of sp³-hybridized carbons (Fsp3) is 0.500. The Balaban J connectivity index is 1.94. The number of benzene rings is 1. The van der Waals surface area contributed by atoms with Crippen LogP contribution in [0.3, 0.4) is 0 Å².